The van der Waals surface area contributed by atoms with Crippen molar-refractivity contribution in [2.24, 2.45) is 0 Å². The van der Waals surface area contributed by atoms with Crippen molar-refractivity contribution in [2.45, 2.75) is 25.8 Å². The van der Waals surface area contributed by atoms with Gasteiger partial charge in [0.2, 0.25) is 0 Å². The van der Waals surface area contributed by atoms with E-state index in [1.807, 2.05) is 13.0 Å². The first kappa shape index (κ1) is 18.9. The van der Waals surface area contributed by atoms with Crippen LogP contribution in [0.3, 0.4) is 0 Å². The molecule has 0 bridgehead atoms. The summed E-state index contributed by atoms with van der Waals surface area (Å²) in [6.07, 6.45) is 2.28. The zero-order valence-corrected chi connectivity index (χ0v) is 16.3. The van der Waals surface area contributed by atoms with Crippen LogP contribution in [0.4, 0.5) is 10.1 Å². The summed E-state index contributed by atoms with van der Waals surface area (Å²) >= 11 is 0. The maximum Gasteiger partial charge on any atom is 0.340 e. The van der Waals surface area contributed by atoms with Gasteiger partial charge in [0.1, 0.15) is 5.82 Å². The number of esters is 1. The van der Waals surface area contributed by atoms with Crippen LogP contribution in [0, 0.1) is 12.7 Å². The Balaban J connectivity index is 1.64. The number of rotatable bonds is 5. The molecule has 0 aliphatic heterocycles. The lowest BCUT2D eigenvalue weighted by Gasteiger charge is -2.13. The smallest absolute Gasteiger partial charge is 0.340 e. The van der Waals surface area contributed by atoms with Crippen LogP contribution >= 0.6 is 0 Å². The second kappa shape index (κ2) is 7.20. The third-order valence-electron chi connectivity index (χ3n) is 4.99. The lowest BCUT2D eigenvalue weighted by Crippen LogP contribution is -2.14. The minimum atomic E-state index is -0.897. The van der Waals surface area contributed by atoms with Gasteiger partial charge in [-0.25, -0.2) is 14.2 Å². The molecule has 1 saturated carbocycles. The number of aromatic nitrogens is 2. The van der Waals surface area contributed by atoms with Gasteiger partial charge in [-0.15, -0.1) is 0 Å². The fourth-order valence-electron chi connectivity index (χ4n) is 3.47. The first-order chi connectivity index (χ1) is 13.9. The van der Waals surface area contributed by atoms with Gasteiger partial charge in [0, 0.05) is 11.6 Å². The number of hydrogen-bond acceptors (Lipinski definition) is 5. The van der Waals surface area contributed by atoms with Crippen LogP contribution in [0.25, 0.3) is 11.0 Å². The molecule has 29 heavy (non-hydrogen) atoms. The summed E-state index contributed by atoms with van der Waals surface area (Å²) < 4.78 is 26.4. The van der Waals surface area contributed by atoms with Gasteiger partial charge in [0.05, 0.1) is 36.5 Å². The molecule has 0 spiro atoms. The highest BCUT2D eigenvalue weighted by Crippen LogP contribution is 2.38. The lowest BCUT2D eigenvalue weighted by molar-refractivity contribution is 0.0594. The van der Waals surface area contributed by atoms with Crippen LogP contribution in [0.1, 0.15) is 45.4 Å². The van der Waals surface area contributed by atoms with E-state index in [1.54, 1.807) is 12.1 Å². The molecule has 0 unspecified atom stereocenters. The van der Waals surface area contributed by atoms with Crippen LogP contribution in [0.2, 0.25) is 0 Å². The number of halogens is 1. The van der Waals surface area contributed by atoms with Crippen molar-refractivity contribution >= 4 is 28.6 Å². The molecular formula is C21H20FN3O4. The molecule has 4 rings (SSSR count). The number of carbonyl (C=O) groups excluding carboxylic acids is 2. The Hall–Kier alpha value is -3.42. The Bertz CT molecular complexity index is 1130. The van der Waals surface area contributed by atoms with Gasteiger partial charge in [-0.3, -0.25) is 4.79 Å². The molecule has 1 N–H and O–H groups in total. The first-order valence-electron chi connectivity index (χ1n) is 9.19. The summed E-state index contributed by atoms with van der Waals surface area (Å²) in [7, 11) is 2.42. The number of carbonyl (C=O) groups is 2. The molecule has 7 nitrogen and oxygen atoms in total. The Morgan fingerprint density at radius 1 is 1.21 bits per heavy atom. The number of hydrogen-bond donors (Lipinski definition) is 1. The van der Waals surface area contributed by atoms with Gasteiger partial charge < -0.3 is 19.4 Å². The highest BCUT2D eigenvalue weighted by Gasteiger charge is 2.27. The van der Waals surface area contributed by atoms with Crippen LogP contribution in [-0.2, 0) is 4.74 Å². The normalized spacial score (nSPS) is 13.4. The molecule has 150 valence electrons. The van der Waals surface area contributed by atoms with Crippen LogP contribution in [-0.4, -0.2) is 35.6 Å². The molecule has 1 amide bonds. The lowest BCUT2D eigenvalue weighted by atomic mass is 10.1. The van der Waals surface area contributed by atoms with Crippen molar-refractivity contribution < 1.29 is 23.5 Å². The van der Waals surface area contributed by atoms with Crippen molar-refractivity contribution in [1.82, 2.24) is 9.55 Å². The summed E-state index contributed by atoms with van der Waals surface area (Å²) in [5.74, 6) is -1.48. The Morgan fingerprint density at radius 3 is 2.62 bits per heavy atom. The van der Waals surface area contributed by atoms with E-state index in [2.05, 4.69) is 19.6 Å². The Morgan fingerprint density at radius 2 is 1.97 bits per heavy atom. The fourth-order valence-corrected chi connectivity index (χ4v) is 3.47. The van der Waals surface area contributed by atoms with E-state index in [0.717, 1.165) is 36.8 Å². The fraction of sp³-hybridized carbons (Fsp3) is 0.286. The van der Waals surface area contributed by atoms with Crippen molar-refractivity contribution in [3.05, 3.63) is 53.1 Å². The predicted octanol–water partition coefficient (Wildman–Crippen LogP) is 3.87. The number of methoxy groups -OCH3 is 2. The van der Waals surface area contributed by atoms with E-state index in [9.17, 15) is 14.0 Å². The largest absolute Gasteiger partial charge is 0.492 e. The highest BCUT2D eigenvalue weighted by molar-refractivity contribution is 6.07. The van der Waals surface area contributed by atoms with Gasteiger partial charge >= 0.3 is 5.97 Å². The van der Waals surface area contributed by atoms with Gasteiger partial charge in [0.15, 0.2) is 11.6 Å². The monoisotopic (exact) mass is 397 g/mol. The number of nitrogens with one attached hydrogen (secondary N) is 1. The molecule has 1 fully saturated rings. The molecule has 0 saturated heterocycles. The van der Waals surface area contributed by atoms with E-state index < -0.39 is 17.7 Å². The van der Waals surface area contributed by atoms with E-state index >= 15 is 0 Å². The standard InChI is InChI=1S/C21H20FN3O4/c1-11-23-16-10-12(4-9-17(16)25(11)13-5-6-13)20(26)24-15-8-7-14(21(27)29-3)18(22)19(15)28-2/h4,7-10,13H,5-6H2,1-3H3,(H,24,26). The van der Waals surface area contributed by atoms with Crippen molar-refractivity contribution in [3.63, 3.8) is 0 Å². The van der Waals surface area contributed by atoms with E-state index in [0.29, 0.717) is 11.6 Å². The van der Waals surface area contributed by atoms with Crippen LogP contribution in [0.5, 0.6) is 5.75 Å². The minimum absolute atomic E-state index is 0.113. The number of aryl methyl sites for hydroxylation is 1. The average Bonchev–Trinajstić information content (AvgIpc) is 3.48. The van der Waals surface area contributed by atoms with Gasteiger partial charge in [-0.1, -0.05) is 0 Å². The molecule has 1 aliphatic rings. The van der Waals surface area contributed by atoms with Crippen LogP contribution < -0.4 is 10.1 Å². The molecule has 3 aromatic rings. The molecule has 8 heteroatoms. The van der Waals surface area contributed by atoms with Gasteiger partial charge in [0.25, 0.3) is 5.91 Å². The summed E-state index contributed by atoms with van der Waals surface area (Å²) in [6.45, 7) is 1.95. The van der Waals surface area contributed by atoms with E-state index in [-0.39, 0.29) is 17.0 Å². The number of ether oxygens (including phenoxy) is 2. The van der Waals surface area contributed by atoms with Gasteiger partial charge in [-0.2, -0.15) is 0 Å². The van der Waals surface area contributed by atoms with Gasteiger partial charge in [-0.05, 0) is 50.1 Å². The highest BCUT2D eigenvalue weighted by atomic mass is 19.1. The summed E-state index contributed by atoms with van der Waals surface area (Å²) in [4.78, 5) is 28.9. The predicted molar refractivity (Wildman–Crippen MR) is 105 cm³/mol. The van der Waals surface area contributed by atoms with E-state index in [1.165, 1.54) is 19.2 Å². The summed E-state index contributed by atoms with van der Waals surface area (Å²) in [5, 5.41) is 2.63. The Kier molecular flexibility index (Phi) is 4.70. The quantitative estimate of drug-likeness (QED) is 0.661. The molecule has 1 aromatic heterocycles. The zero-order valence-electron chi connectivity index (χ0n) is 16.3. The van der Waals surface area contributed by atoms with Crippen molar-refractivity contribution in [3.8, 4) is 5.75 Å². The number of benzene rings is 2. The Labute approximate surface area is 166 Å². The molecule has 0 radical (unpaired) electrons. The first-order valence-corrected chi connectivity index (χ1v) is 9.19. The summed E-state index contributed by atoms with van der Waals surface area (Å²) in [6, 6.07) is 8.42. The second-order valence-electron chi connectivity index (χ2n) is 6.92. The molecule has 0 atom stereocenters. The number of fused-ring (bicyclic) bond motifs is 1. The van der Waals surface area contributed by atoms with Crippen molar-refractivity contribution in [1.29, 1.82) is 0 Å². The summed E-state index contributed by atoms with van der Waals surface area (Å²) in [5.41, 5.74) is 1.96. The average molecular weight is 397 g/mol. The van der Waals surface area contributed by atoms with Crippen molar-refractivity contribution in [2.75, 3.05) is 19.5 Å². The number of nitrogens with zero attached hydrogens (tertiary/aromatic N) is 2. The molecule has 1 aliphatic carbocycles. The van der Waals surface area contributed by atoms with Crippen LogP contribution in [0.15, 0.2) is 30.3 Å². The molecule has 2 aromatic carbocycles. The maximum absolute atomic E-state index is 14.6. The third-order valence-corrected chi connectivity index (χ3v) is 4.99. The topological polar surface area (TPSA) is 82.5 Å². The zero-order chi connectivity index (χ0) is 20.7. The second-order valence-corrected chi connectivity index (χ2v) is 6.92. The molecular weight excluding hydrogens is 377 g/mol. The minimum Gasteiger partial charge on any atom is -0.492 e. The SMILES string of the molecule is COC(=O)c1ccc(NC(=O)c2ccc3c(c2)nc(C)n3C2CC2)c(OC)c1F. The number of anilines is 1. The number of imidazole rings is 1. The third kappa shape index (κ3) is 3.30. The maximum atomic E-state index is 14.6. The van der Waals surface area contributed by atoms with E-state index in [4.69, 9.17) is 4.74 Å². The molecule has 1 heterocycles. The number of amides is 1.